The lowest BCUT2D eigenvalue weighted by atomic mass is 10.1. The molecule has 3 aromatic carbocycles. The molecular weight excluding hydrogens is 368 g/mol. The summed E-state index contributed by atoms with van der Waals surface area (Å²) in [7, 11) is 0. The molecule has 1 aliphatic rings. The fourth-order valence-corrected chi connectivity index (χ4v) is 3.15. The predicted octanol–water partition coefficient (Wildman–Crippen LogP) is 3.42. The highest BCUT2D eigenvalue weighted by Crippen LogP contribution is 2.23. The molecule has 1 N–H and O–H groups in total. The smallest absolute Gasteiger partial charge is 0.261 e. The number of imide groups is 1. The normalized spacial score (nSPS) is 12.6. The molecule has 0 aliphatic carbocycles. The molecule has 1 aliphatic heterocycles. The molecule has 0 radical (unpaired) electrons. The third-order valence-corrected chi connectivity index (χ3v) is 4.68. The van der Waals surface area contributed by atoms with Gasteiger partial charge in [0.15, 0.2) is 5.78 Å². The molecule has 6 heteroatoms. The first-order valence-electron chi connectivity index (χ1n) is 8.99. The minimum Gasteiger partial charge on any atom is -0.322 e. The van der Waals surface area contributed by atoms with Crippen molar-refractivity contribution < 1.29 is 19.2 Å². The van der Waals surface area contributed by atoms with Gasteiger partial charge in [-0.05, 0) is 48.5 Å². The first kappa shape index (κ1) is 18.3. The molecule has 0 aromatic heterocycles. The Balaban J connectivity index is 1.43. The van der Waals surface area contributed by atoms with Crippen molar-refractivity contribution in [2.45, 2.75) is 0 Å². The van der Waals surface area contributed by atoms with E-state index in [0.717, 1.165) is 4.90 Å². The number of Topliss-reactive ketones (excluding diaryl/α,β-unsaturated/α-hetero) is 1. The monoisotopic (exact) mass is 384 g/mol. The van der Waals surface area contributed by atoms with E-state index in [0.29, 0.717) is 27.9 Å². The topological polar surface area (TPSA) is 83.6 Å². The SMILES string of the molecule is O=C(CN1C(=O)c2ccccc2C1=O)c1ccc(NC(=O)c2ccccc2)cc1. The van der Waals surface area contributed by atoms with Crippen molar-refractivity contribution in [3.05, 3.63) is 101 Å². The summed E-state index contributed by atoms with van der Waals surface area (Å²) in [6.45, 7) is -0.331. The van der Waals surface area contributed by atoms with Crippen LogP contribution in [0.25, 0.3) is 0 Å². The van der Waals surface area contributed by atoms with Crippen molar-refractivity contribution in [1.82, 2.24) is 4.90 Å². The lowest BCUT2D eigenvalue weighted by Crippen LogP contribution is -2.34. The lowest BCUT2D eigenvalue weighted by molar-refractivity contribution is 0.0624. The highest BCUT2D eigenvalue weighted by molar-refractivity contribution is 6.23. The van der Waals surface area contributed by atoms with E-state index in [1.165, 1.54) is 0 Å². The van der Waals surface area contributed by atoms with Crippen molar-refractivity contribution in [2.75, 3.05) is 11.9 Å². The molecule has 3 amide bonds. The zero-order valence-electron chi connectivity index (χ0n) is 15.3. The maximum atomic E-state index is 12.6. The maximum absolute atomic E-state index is 12.6. The van der Waals surface area contributed by atoms with Crippen molar-refractivity contribution in [3.8, 4) is 0 Å². The minimum absolute atomic E-state index is 0.254. The van der Waals surface area contributed by atoms with Gasteiger partial charge in [0, 0.05) is 16.8 Å². The number of rotatable bonds is 5. The number of amides is 3. The fourth-order valence-electron chi connectivity index (χ4n) is 3.15. The van der Waals surface area contributed by atoms with Crippen molar-refractivity contribution >= 4 is 29.2 Å². The number of carbonyl (C=O) groups is 4. The van der Waals surface area contributed by atoms with Crippen molar-refractivity contribution in [1.29, 1.82) is 0 Å². The second kappa shape index (κ2) is 7.52. The molecule has 0 unspecified atom stereocenters. The van der Waals surface area contributed by atoms with Crippen LogP contribution >= 0.6 is 0 Å². The quantitative estimate of drug-likeness (QED) is 0.540. The summed E-state index contributed by atoms with van der Waals surface area (Å²) in [4.78, 5) is 50.5. The second-order valence-electron chi connectivity index (χ2n) is 6.56. The van der Waals surface area contributed by atoms with Crippen LogP contribution in [-0.4, -0.2) is 34.9 Å². The summed E-state index contributed by atoms with van der Waals surface area (Å²) in [5.74, 6) is -1.55. The first-order chi connectivity index (χ1) is 14.0. The minimum atomic E-state index is -0.467. The molecule has 4 rings (SSSR count). The van der Waals surface area contributed by atoms with Crippen LogP contribution in [0.2, 0.25) is 0 Å². The molecular formula is C23H16N2O4. The van der Waals surface area contributed by atoms with E-state index in [1.807, 2.05) is 6.07 Å². The number of anilines is 1. The number of ketones is 1. The molecule has 0 saturated heterocycles. The van der Waals surface area contributed by atoms with Gasteiger partial charge in [-0.25, -0.2) is 0 Å². The summed E-state index contributed by atoms with van der Waals surface area (Å²) in [5, 5.41) is 2.75. The largest absolute Gasteiger partial charge is 0.322 e. The third-order valence-electron chi connectivity index (χ3n) is 4.68. The van der Waals surface area contributed by atoms with Gasteiger partial charge in [-0.2, -0.15) is 0 Å². The summed E-state index contributed by atoms with van der Waals surface area (Å²) >= 11 is 0. The molecule has 6 nitrogen and oxygen atoms in total. The van der Waals surface area contributed by atoms with Gasteiger partial charge in [-0.3, -0.25) is 24.1 Å². The Kier molecular flexibility index (Phi) is 4.75. The summed E-state index contributed by atoms with van der Waals surface area (Å²) in [5.41, 5.74) is 2.03. The molecule has 142 valence electrons. The van der Waals surface area contributed by atoms with E-state index in [9.17, 15) is 19.2 Å². The Morgan fingerprint density at radius 1 is 0.690 bits per heavy atom. The van der Waals surface area contributed by atoms with Gasteiger partial charge in [0.1, 0.15) is 0 Å². The van der Waals surface area contributed by atoms with Gasteiger partial charge in [0.25, 0.3) is 17.7 Å². The second-order valence-corrected chi connectivity index (χ2v) is 6.56. The molecule has 0 bridgehead atoms. The van der Waals surface area contributed by atoms with Crippen LogP contribution in [0, 0.1) is 0 Å². The third kappa shape index (κ3) is 3.55. The summed E-state index contributed by atoms with van der Waals surface area (Å²) < 4.78 is 0. The predicted molar refractivity (Wildman–Crippen MR) is 107 cm³/mol. The number of fused-ring (bicyclic) bond motifs is 1. The highest BCUT2D eigenvalue weighted by atomic mass is 16.2. The van der Waals surface area contributed by atoms with Gasteiger partial charge < -0.3 is 5.32 Å². The molecule has 0 saturated carbocycles. The zero-order chi connectivity index (χ0) is 20.4. The number of nitrogens with one attached hydrogen (secondary N) is 1. The number of benzene rings is 3. The Morgan fingerprint density at radius 3 is 1.83 bits per heavy atom. The highest BCUT2D eigenvalue weighted by Gasteiger charge is 2.36. The standard InChI is InChI=1S/C23H16N2O4/c26-20(14-25-22(28)18-8-4-5-9-19(18)23(25)29)15-10-12-17(13-11-15)24-21(27)16-6-2-1-3-7-16/h1-13H,14H2,(H,24,27). The average molecular weight is 384 g/mol. The van der Waals surface area contributed by atoms with Gasteiger partial charge >= 0.3 is 0 Å². The Hall–Kier alpha value is -4.06. The van der Waals surface area contributed by atoms with Crippen molar-refractivity contribution in [3.63, 3.8) is 0 Å². The van der Waals surface area contributed by atoms with Crippen LogP contribution in [0.3, 0.4) is 0 Å². The molecule has 3 aromatic rings. The van der Waals surface area contributed by atoms with E-state index >= 15 is 0 Å². The molecule has 0 spiro atoms. The van der Waals surface area contributed by atoms with E-state index < -0.39 is 11.8 Å². The number of hydrogen-bond donors (Lipinski definition) is 1. The Bertz CT molecular complexity index is 1090. The van der Waals surface area contributed by atoms with Crippen LogP contribution in [0.15, 0.2) is 78.9 Å². The van der Waals surface area contributed by atoms with Crippen LogP contribution in [0.1, 0.15) is 41.4 Å². The number of hydrogen-bond acceptors (Lipinski definition) is 4. The lowest BCUT2D eigenvalue weighted by Gasteiger charge is -2.13. The van der Waals surface area contributed by atoms with E-state index in [1.54, 1.807) is 72.8 Å². The van der Waals surface area contributed by atoms with Crippen molar-refractivity contribution in [2.24, 2.45) is 0 Å². The maximum Gasteiger partial charge on any atom is 0.261 e. The summed E-state index contributed by atoms with van der Waals surface area (Å²) in [6.07, 6.45) is 0. The van der Waals surface area contributed by atoms with Gasteiger partial charge in [-0.15, -0.1) is 0 Å². The molecule has 29 heavy (non-hydrogen) atoms. The molecule has 1 heterocycles. The Labute approximate surface area is 166 Å². The molecule has 0 fully saturated rings. The first-order valence-corrected chi connectivity index (χ1v) is 8.99. The zero-order valence-corrected chi connectivity index (χ0v) is 15.3. The molecule has 0 atom stereocenters. The van der Waals surface area contributed by atoms with E-state index in [4.69, 9.17) is 0 Å². The van der Waals surface area contributed by atoms with Gasteiger partial charge in [-0.1, -0.05) is 30.3 Å². The van der Waals surface area contributed by atoms with Crippen LogP contribution in [-0.2, 0) is 0 Å². The Morgan fingerprint density at radius 2 is 1.24 bits per heavy atom. The number of nitrogens with zero attached hydrogens (tertiary/aromatic N) is 1. The van der Waals surface area contributed by atoms with E-state index in [-0.39, 0.29) is 18.2 Å². The number of carbonyl (C=O) groups excluding carboxylic acids is 4. The summed E-state index contributed by atoms with van der Waals surface area (Å²) in [6, 6.07) is 21.6. The van der Waals surface area contributed by atoms with Crippen LogP contribution in [0.5, 0.6) is 0 Å². The van der Waals surface area contributed by atoms with Gasteiger partial charge in [0.2, 0.25) is 0 Å². The van der Waals surface area contributed by atoms with Gasteiger partial charge in [0.05, 0.1) is 17.7 Å². The average Bonchev–Trinajstić information content (AvgIpc) is 3.00. The fraction of sp³-hybridized carbons (Fsp3) is 0.0435. The van der Waals surface area contributed by atoms with Crippen LogP contribution in [0.4, 0.5) is 5.69 Å². The van der Waals surface area contributed by atoms with E-state index in [2.05, 4.69) is 5.32 Å². The van der Waals surface area contributed by atoms with Crippen LogP contribution < -0.4 is 5.32 Å².